The molecule has 2 aromatic rings. The molecule has 2 aliphatic heterocycles. The molecule has 148 valence electrons. The smallest absolute Gasteiger partial charge is 0.264 e. The standard InChI is InChI=1S/C14H18ClN5O6S/c1-14(2)23-4-6-8(25-14)9(26-27(3,21)22)12(24-6)20-5-17-7-10(16)18-13(15)19-11(7)20/h5-6,8-9,12H,4H2,1-3H3,(H2,16,18,19)/t6-,8-,9-,12+/m0/s1. The van der Waals surface area contributed by atoms with Crippen molar-refractivity contribution in [2.45, 2.75) is 44.2 Å². The average Bonchev–Trinajstić information content (AvgIpc) is 3.07. The van der Waals surface area contributed by atoms with E-state index < -0.39 is 40.4 Å². The van der Waals surface area contributed by atoms with Crippen LogP contribution < -0.4 is 5.73 Å². The van der Waals surface area contributed by atoms with Crippen LogP contribution in [0.4, 0.5) is 5.82 Å². The Morgan fingerprint density at radius 1 is 1.41 bits per heavy atom. The lowest BCUT2D eigenvalue weighted by Gasteiger charge is -2.38. The number of anilines is 1. The Morgan fingerprint density at radius 2 is 2.15 bits per heavy atom. The zero-order valence-corrected chi connectivity index (χ0v) is 16.3. The normalized spacial score (nSPS) is 30.5. The second kappa shape index (κ2) is 6.22. The predicted molar refractivity (Wildman–Crippen MR) is 93.3 cm³/mol. The van der Waals surface area contributed by atoms with E-state index in [1.807, 2.05) is 0 Å². The number of fused-ring (bicyclic) bond motifs is 2. The molecule has 0 aromatic carbocycles. The molecule has 11 nitrogen and oxygen atoms in total. The summed E-state index contributed by atoms with van der Waals surface area (Å²) in [6.45, 7) is 3.67. The van der Waals surface area contributed by atoms with Gasteiger partial charge in [0.15, 0.2) is 29.6 Å². The molecular formula is C14H18ClN5O6S. The van der Waals surface area contributed by atoms with Gasteiger partial charge in [-0.15, -0.1) is 0 Å². The van der Waals surface area contributed by atoms with Gasteiger partial charge < -0.3 is 19.9 Å². The van der Waals surface area contributed by atoms with Gasteiger partial charge in [0.1, 0.15) is 17.7 Å². The van der Waals surface area contributed by atoms with Crippen LogP contribution in [0, 0.1) is 0 Å². The topological polar surface area (TPSA) is 141 Å². The van der Waals surface area contributed by atoms with Crippen LogP contribution in [0.1, 0.15) is 20.1 Å². The molecule has 2 fully saturated rings. The molecular weight excluding hydrogens is 402 g/mol. The Morgan fingerprint density at radius 3 is 2.85 bits per heavy atom. The molecule has 4 heterocycles. The summed E-state index contributed by atoms with van der Waals surface area (Å²) in [5.74, 6) is -0.814. The second-order valence-electron chi connectivity index (χ2n) is 6.83. The first-order valence-electron chi connectivity index (χ1n) is 8.05. The fourth-order valence-corrected chi connectivity index (χ4v) is 4.03. The summed E-state index contributed by atoms with van der Waals surface area (Å²) in [4.78, 5) is 12.2. The lowest BCUT2D eigenvalue weighted by atomic mass is 10.1. The van der Waals surface area contributed by atoms with Gasteiger partial charge in [-0.3, -0.25) is 8.75 Å². The first-order chi connectivity index (χ1) is 12.5. The minimum Gasteiger partial charge on any atom is -0.382 e. The van der Waals surface area contributed by atoms with Crippen LogP contribution >= 0.6 is 11.6 Å². The van der Waals surface area contributed by atoms with Gasteiger partial charge in [-0.05, 0) is 25.4 Å². The molecule has 2 saturated heterocycles. The summed E-state index contributed by atoms with van der Waals surface area (Å²) in [6.07, 6.45) is -0.727. The van der Waals surface area contributed by atoms with Gasteiger partial charge >= 0.3 is 0 Å². The summed E-state index contributed by atoms with van der Waals surface area (Å²) < 4.78 is 48.0. The lowest BCUT2D eigenvalue weighted by molar-refractivity contribution is -0.299. The molecule has 0 bridgehead atoms. The van der Waals surface area contributed by atoms with Gasteiger partial charge in [-0.2, -0.15) is 18.4 Å². The van der Waals surface area contributed by atoms with E-state index in [-0.39, 0.29) is 17.7 Å². The molecule has 0 aliphatic carbocycles. The van der Waals surface area contributed by atoms with Crippen molar-refractivity contribution in [3.63, 3.8) is 0 Å². The Hall–Kier alpha value is -1.57. The number of imidazole rings is 1. The monoisotopic (exact) mass is 419 g/mol. The second-order valence-corrected chi connectivity index (χ2v) is 8.76. The molecule has 0 saturated carbocycles. The molecule has 2 aliphatic rings. The third-order valence-electron chi connectivity index (χ3n) is 4.28. The third kappa shape index (κ3) is 3.48. The number of nitrogen functional groups attached to an aromatic ring is 1. The molecule has 4 atom stereocenters. The third-order valence-corrected chi connectivity index (χ3v) is 5.02. The number of nitrogens with zero attached hydrogens (tertiary/aromatic N) is 4. The first kappa shape index (κ1) is 18.8. The van der Waals surface area contributed by atoms with E-state index in [0.29, 0.717) is 11.2 Å². The molecule has 0 unspecified atom stereocenters. The van der Waals surface area contributed by atoms with Crippen molar-refractivity contribution in [3.05, 3.63) is 11.6 Å². The van der Waals surface area contributed by atoms with E-state index >= 15 is 0 Å². The largest absolute Gasteiger partial charge is 0.382 e. The molecule has 27 heavy (non-hydrogen) atoms. The highest BCUT2D eigenvalue weighted by molar-refractivity contribution is 7.86. The van der Waals surface area contributed by atoms with E-state index in [1.54, 1.807) is 13.8 Å². The fourth-order valence-electron chi connectivity index (χ4n) is 3.25. The molecule has 0 spiro atoms. The number of hydrogen-bond donors (Lipinski definition) is 1. The van der Waals surface area contributed by atoms with Crippen LogP contribution in [0.15, 0.2) is 6.33 Å². The van der Waals surface area contributed by atoms with Crippen LogP contribution in [0.25, 0.3) is 11.2 Å². The van der Waals surface area contributed by atoms with Gasteiger partial charge in [0.25, 0.3) is 10.1 Å². The predicted octanol–water partition coefficient (Wildman–Crippen LogP) is 0.456. The quantitative estimate of drug-likeness (QED) is 0.550. The average molecular weight is 420 g/mol. The number of halogens is 1. The van der Waals surface area contributed by atoms with Gasteiger partial charge in [-0.25, -0.2) is 4.98 Å². The summed E-state index contributed by atoms with van der Waals surface area (Å²) in [5.41, 5.74) is 6.44. The number of hydrogen-bond acceptors (Lipinski definition) is 10. The first-order valence-corrected chi connectivity index (χ1v) is 10.2. The van der Waals surface area contributed by atoms with E-state index in [9.17, 15) is 8.42 Å². The van der Waals surface area contributed by atoms with Crippen molar-refractivity contribution in [2.24, 2.45) is 0 Å². The number of ether oxygens (including phenoxy) is 3. The van der Waals surface area contributed by atoms with Crippen LogP contribution in [-0.2, 0) is 28.5 Å². The van der Waals surface area contributed by atoms with Crippen LogP contribution in [0.3, 0.4) is 0 Å². The maximum atomic E-state index is 11.9. The van der Waals surface area contributed by atoms with Crippen molar-refractivity contribution in [2.75, 3.05) is 18.6 Å². The highest BCUT2D eigenvalue weighted by Crippen LogP contribution is 2.41. The Balaban J connectivity index is 1.79. The highest BCUT2D eigenvalue weighted by atomic mass is 35.5. The van der Waals surface area contributed by atoms with Gasteiger partial charge in [0, 0.05) is 0 Å². The summed E-state index contributed by atoms with van der Waals surface area (Å²) in [6, 6.07) is 0. The summed E-state index contributed by atoms with van der Waals surface area (Å²) >= 11 is 5.91. The van der Waals surface area contributed by atoms with Crippen LogP contribution in [0.2, 0.25) is 5.28 Å². The molecule has 13 heteroatoms. The summed E-state index contributed by atoms with van der Waals surface area (Å²) in [5, 5.41) is -0.0709. The van der Waals surface area contributed by atoms with Crippen molar-refractivity contribution in [1.82, 2.24) is 19.5 Å². The maximum Gasteiger partial charge on any atom is 0.264 e. The maximum absolute atomic E-state index is 11.9. The molecule has 0 amide bonds. The zero-order chi connectivity index (χ0) is 19.6. The number of aromatic nitrogens is 4. The van der Waals surface area contributed by atoms with Crippen LogP contribution in [-0.4, -0.2) is 64.9 Å². The summed E-state index contributed by atoms with van der Waals surface area (Å²) in [7, 11) is -3.81. The number of rotatable bonds is 3. The Kier molecular flexibility index (Phi) is 4.33. The van der Waals surface area contributed by atoms with Crippen molar-refractivity contribution < 1.29 is 26.8 Å². The van der Waals surface area contributed by atoms with Crippen molar-refractivity contribution >= 4 is 38.7 Å². The van der Waals surface area contributed by atoms with Crippen molar-refractivity contribution in [3.8, 4) is 0 Å². The Bertz CT molecular complexity index is 995. The molecule has 2 N–H and O–H groups in total. The number of nitrogens with two attached hydrogens (primary N) is 1. The van der Waals surface area contributed by atoms with Gasteiger partial charge in [0.2, 0.25) is 5.28 Å². The fraction of sp³-hybridized carbons (Fsp3) is 0.643. The highest BCUT2D eigenvalue weighted by Gasteiger charge is 2.54. The van der Waals surface area contributed by atoms with Crippen molar-refractivity contribution in [1.29, 1.82) is 0 Å². The lowest BCUT2D eigenvalue weighted by Crippen LogP contribution is -2.50. The van der Waals surface area contributed by atoms with Gasteiger partial charge in [-0.1, -0.05) is 0 Å². The molecule has 0 radical (unpaired) electrons. The zero-order valence-electron chi connectivity index (χ0n) is 14.7. The van der Waals surface area contributed by atoms with E-state index in [1.165, 1.54) is 10.9 Å². The minimum absolute atomic E-state index is 0.0709. The minimum atomic E-state index is -3.81. The van der Waals surface area contributed by atoms with E-state index in [0.717, 1.165) is 6.26 Å². The molecule has 2 aromatic heterocycles. The Labute approximate surface area is 159 Å². The van der Waals surface area contributed by atoms with E-state index in [4.69, 9.17) is 35.7 Å². The SMILES string of the molecule is CC1(C)OC[C@@H]2O[C@@H](n3cnc4c(N)nc(Cl)nc43)[C@@H](OS(C)(=O)=O)[C@H]2O1. The van der Waals surface area contributed by atoms with Crippen LogP contribution in [0.5, 0.6) is 0 Å². The molecule has 4 rings (SSSR count). The van der Waals surface area contributed by atoms with E-state index in [2.05, 4.69) is 15.0 Å². The van der Waals surface area contributed by atoms with Gasteiger partial charge in [0.05, 0.1) is 19.2 Å².